The van der Waals surface area contributed by atoms with E-state index in [1.165, 1.54) is 0 Å². The molecule has 0 aromatic heterocycles. The van der Waals surface area contributed by atoms with Crippen LogP contribution in [0.1, 0.15) is 0 Å². The van der Waals surface area contributed by atoms with Crippen molar-refractivity contribution in [3.63, 3.8) is 0 Å². The van der Waals surface area contributed by atoms with Crippen LogP contribution in [0.15, 0.2) is 35.2 Å². The van der Waals surface area contributed by atoms with Crippen LogP contribution in [0, 0.1) is 0 Å². The van der Waals surface area contributed by atoms with Crippen molar-refractivity contribution in [3.05, 3.63) is 30.3 Å². The van der Waals surface area contributed by atoms with Gasteiger partial charge in [-0.1, -0.05) is 18.2 Å². The van der Waals surface area contributed by atoms with Gasteiger partial charge in [0.25, 0.3) is 10.9 Å². The molecule has 1 aromatic carbocycles. The van der Waals surface area contributed by atoms with Crippen LogP contribution in [0.2, 0.25) is 0 Å². The van der Waals surface area contributed by atoms with E-state index in [1.54, 1.807) is 24.3 Å². The minimum atomic E-state index is -3.72. The van der Waals surface area contributed by atoms with E-state index in [-0.39, 0.29) is 0 Å². The Kier molecular flexibility index (Phi) is 2.76. The lowest BCUT2D eigenvalue weighted by atomic mass is 10.4. The van der Waals surface area contributed by atoms with Crippen molar-refractivity contribution in [1.29, 1.82) is 0 Å². The Morgan fingerprint density at radius 2 is 1.55 bits per heavy atom. The average molecular weight is 191 g/mol. The molecule has 11 heavy (non-hydrogen) atoms. The van der Waals surface area contributed by atoms with Gasteiger partial charge in [-0.3, -0.25) is 14.7 Å². The molecule has 0 heterocycles. The van der Waals surface area contributed by atoms with Gasteiger partial charge >= 0.3 is 6.72 Å². The molecule has 1 rings (SSSR count). The van der Waals surface area contributed by atoms with Gasteiger partial charge in [-0.15, -0.1) is 0 Å². The van der Waals surface area contributed by atoms with Crippen molar-refractivity contribution >= 4 is 17.7 Å². The summed E-state index contributed by atoms with van der Waals surface area (Å²) in [6.45, 7) is -3.72. The maximum atomic E-state index is 8.66. The summed E-state index contributed by atoms with van der Waals surface area (Å²) in [5, 5.41) is 0. The summed E-state index contributed by atoms with van der Waals surface area (Å²) in [6.07, 6.45) is 0. The number of rotatable bonds is 1. The molecule has 0 saturated heterocycles. The minimum Gasteiger partial charge on any atom is -0.289 e. The summed E-state index contributed by atoms with van der Waals surface area (Å²) in [7, 11) is 0.679. The first-order valence-corrected chi connectivity index (χ1v) is 5.97. The van der Waals surface area contributed by atoms with Crippen LogP contribution in [0.5, 0.6) is 0 Å². The first-order chi connectivity index (χ1) is 5.08. The first kappa shape index (κ1) is 8.84. The summed E-state index contributed by atoms with van der Waals surface area (Å²) >= 11 is 0. The second-order valence-corrected chi connectivity index (χ2v) is 5.62. The van der Waals surface area contributed by atoms with Crippen LogP contribution in [0.3, 0.4) is 0 Å². The molecule has 0 saturated carbocycles. The van der Waals surface area contributed by atoms with E-state index in [1.807, 2.05) is 6.07 Å². The Morgan fingerprint density at radius 3 is 2.00 bits per heavy atom. The second kappa shape index (κ2) is 3.43. The molecule has 0 bridgehead atoms. The van der Waals surface area contributed by atoms with Gasteiger partial charge in [0.15, 0.2) is 0 Å². The fourth-order valence-electron chi connectivity index (χ4n) is 0.623. The maximum absolute atomic E-state index is 8.66. The van der Waals surface area contributed by atoms with Gasteiger partial charge in [0.05, 0.1) is 0 Å². The fourth-order valence-corrected chi connectivity index (χ4v) is 2.40. The smallest absolute Gasteiger partial charge is 0.289 e. The Hall–Kier alpha value is -0.250. The minimum absolute atomic E-state index is 0.647. The van der Waals surface area contributed by atoms with E-state index in [4.69, 9.17) is 14.7 Å². The Balaban J connectivity index is 2.98. The van der Waals surface area contributed by atoms with Gasteiger partial charge in [0.1, 0.15) is 0 Å². The van der Waals surface area contributed by atoms with Crippen molar-refractivity contribution in [2.24, 2.45) is 0 Å². The van der Waals surface area contributed by atoms with E-state index >= 15 is 0 Å². The molecule has 0 fully saturated rings. The molecule has 0 atom stereocenters. The van der Waals surface area contributed by atoms with Gasteiger partial charge in [-0.05, 0) is 0 Å². The van der Waals surface area contributed by atoms with Crippen LogP contribution in [-0.4, -0.2) is 14.7 Å². The lowest BCUT2D eigenvalue weighted by molar-refractivity contribution is 0.363. The molecular formula is C6H8O3PS+. The third-order valence-corrected chi connectivity index (χ3v) is 3.07. The molecule has 60 valence electrons. The predicted octanol–water partition coefficient (Wildman–Crippen LogP) is 0.783. The lowest BCUT2D eigenvalue weighted by Gasteiger charge is -1.85. The SMILES string of the molecule is OP(O)(O)=[S+]c1ccccc1. The zero-order valence-corrected chi connectivity index (χ0v) is 7.29. The van der Waals surface area contributed by atoms with Crippen LogP contribution >= 0.6 is 6.72 Å². The Labute approximate surface area is 68.2 Å². The largest absolute Gasteiger partial charge is 0.521 e. The third-order valence-electron chi connectivity index (χ3n) is 0.971. The number of benzene rings is 1. The molecule has 3 nitrogen and oxygen atoms in total. The molecule has 0 spiro atoms. The van der Waals surface area contributed by atoms with Gasteiger partial charge < -0.3 is 0 Å². The predicted molar refractivity (Wildman–Crippen MR) is 45.6 cm³/mol. The zero-order valence-electron chi connectivity index (χ0n) is 5.58. The van der Waals surface area contributed by atoms with Crippen LogP contribution in [0.4, 0.5) is 0 Å². The van der Waals surface area contributed by atoms with Crippen molar-refractivity contribution in [2.45, 2.75) is 4.90 Å². The van der Waals surface area contributed by atoms with Crippen molar-refractivity contribution < 1.29 is 14.7 Å². The van der Waals surface area contributed by atoms with Gasteiger partial charge in [-0.2, -0.15) is 0 Å². The highest BCUT2D eigenvalue weighted by Gasteiger charge is 2.20. The van der Waals surface area contributed by atoms with E-state index in [0.29, 0.717) is 15.8 Å². The first-order valence-electron chi connectivity index (χ1n) is 2.90. The van der Waals surface area contributed by atoms with Crippen molar-refractivity contribution in [1.82, 2.24) is 0 Å². The molecule has 0 aliphatic rings. The highest BCUT2D eigenvalue weighted by Crippen LogP contribution is 2.33. The van der Waals surface area contributed by atoms with Gasteiger partial charge in [0.2, 0.25) is 4.90 Å². The van der Waals surface area contributed by atoms with Crippen molar-refractivity contribution in [2.75, 3.05) is 0 Å². The van der Waals surface area contributed by atoms with Crippen LogP contribution in [-0.2, 0) is 10.9 Å². The summed E-state index contributed by atoms with van der Waals surface area (Å²) in [6, 6.07) is 8.73. The van der Waals surface area contributed by atoms with Gasteiger partial charge in [0, 0.05) is 12.1 Å². The van der Waals surface area contributed by atoms with Gasteiger partial charge in [-0.25, -0.2) is 0 Å². The molecule has 5 heteroatoms. The Bertz CT molecular complexity index is 271. The number of hydrogen-bond acceptors (Lipinski definition) is 0. The van der Waals surface area contributed by atoms with E-state index in [9.17, 15) is 0 Å². The lowest BCUT2D eigenvalue weighted by Crippen LogP contribution is -1.78. The van der Waals surface area contributed by atoms with Crippen molar-refractivity contribution in [3.8, 4) is 0 Å². The normalized spacial score (nSPS) is 11.2. The Morgan fingerprint density at radius 1 is 1.00 bits per heavy atom. The molecule has 0 aliphatic carbocycles. The molecule has 0 aliphatic heterocycles. The van der Waals surface area contributed by atoms with Crippen LogP contribution < -0.4 is 0 Å². The third kappa shape index (κ3) is 3.60. The quantitative estimate of drug-likeness (QED) is 0.454. The van der Waals surface area contributed by atoms with E-state index in [2.05, 4.69) is 0 Å². The summed E-state index contributed by atoms with van der Waals surface area (Å²) in [5.74, 6) is 0. The molecule has 1 aromatic rings. The average Bonchev–Trinajstić information content (AvgIpc) is 1.85. The van der Waals surface area contributed by atoms with E-state index in [0.717, 1.165) is 0 Å². The summed E-state index contributed by atoms with van der Waals surface area (Å²) < 4.78 is 0. The molecule has 0 radical (unpaired) electrons. The fraction of sp³-hybridized carbons (Fsp3) is 0. The zero-order chi connectivity index (χ0) is 8.32. The van der Waals surface area contributed by atoms with Crippen LogP contribution in [0.25, 0.3) is 0 Å². The highest BCUT2D eigenvalue weighted by atomic mass is 32.5. The standard InChI is InChI=1S/C6H8O3PS/c7-10(8,9)11-6-4-2-1-3-5-6/h1-5,7-9H/q+1. The second-order valence-electron chi connectivity index (χ2n) is 1.92. The monoisotopic (exact) mass is 191 g/mol. The number of hydrogen-bond donors (Lipinski definition) is 3. The van der Waals surface area contributed by atoms with E-state index < -0.39 is 6.72 Å². The molecule has 0 unspecified atom stereocenters. The molecule has 0 amide bonds. The maximum Gasteiger partial charge on any atom is 0.521 e. The summed E-state index contributed by atoms with van der Waals surface area (Å²) in [4.78, 5) is 26.6. The topological polar surface area (TPSA) is 60.7 Å². The molecular weight excluding hydrogens is 183 g/mol. The highest BCUT2D eigenvalue weighted by molar-refractivity contribution is 8.16. The summed E-state index contributed by atoms with van der Waals surface area (Å²) in [5.41, 5.74) is 0. The molecule has 3 N–H and O–H groups in total.